The van der Waals surface area contributed by atoms with E-state index in [0.29, 0.717) is 47.4 Å². The van der Waals surface area contributed by atoms with Crippen molar-refractivity contribution in [2.45, 2.75) is 64.8 Å². The van der Waals surface area contributed by atoms with E-state index in [-0.39, 0.29) is 5.56 Å². The molecular formula is C35H43FN4O3Si. The smallest absolute Gasteiger partial charge is 0.297 e. The molecule has 5 aromatic rings. The van der Waals surface area contributed by atoms with Crippen LogP contribution in [0.1, 0.15) is 36.8 Å². The molecule has 1 aliphatic heterocycles. The Morgan fingerprint density at radius 1 is 0.955 bits per heavy atom. The first-order chi connectivity index (χ1) is 21.2. The minimum absolute atomic E-state index is 0.305. The Morgan fingerprint density at radius 2 is 1.73 bits per heavy atom. The zero-order chi connectivity index (χ0) is 30.8. The van der Waals surface area contributed by atoms with E-state index in [2.05, 4.69) is 41.2 Å². The van der Waals surface area contributed by atoms with E-state index in [1.807, 2.05) is 25.1 Å². The number of benzene rings is 3. The highest BCUT2D eigenvalue weighted by Crippen LogP contribution is 2.38. The Hall–Kier alpha value is -3.69. The molecule has 0 atom stereocenters. The molecule has 0 aliphatic carbocycles. The molecule has 1 aliphatic rings. The van der Waals surface area contributed by atoms with Crippen LogP contribution in [0.3, 0.4) is 0 Å². The van der Waals surface area contributed by atoms with Crippen LogP contribution in [0.2, 0.25) is 25.7 Å². The van der Waals surface area contributed by atoms with Crippen LogP contribution in [0.25, 0.3) is 32.6 Å². The largest absolute Gasteiger partial charge is 0.465 e. The topological polar surface area (TPSA) is 61.5 Å². The van der Waals surface area contributed by atoms with Crippen LogP contribution in [0.5, 0.6) is 6.01 Å². The van der Waals surface area contributed by atoms with Crippen LogP contribution in [0.15, 0.2) is 59.5 Å². The van der Waals surface area contributed by atoms with Crippen molar-refractivity contribution in [3.05, 3.63) is 82.0 Å². The molecule has 44 heavy (non-hydrogen) atoms. The summed E-state index contributed by atoms with van der Waals surface area (Å²) in [5.41, 5.74) is 3.15. The van der Waals surface area contributed by atoms with E-state index in [1.54, 1.807) is 12.3 Å². The maximum absolute atomic E-state index is 14.9. The molecule has 0 bridgehead atoms. The van der Waals surface area contributed by atoms with E-state index < -0.39 is 13.9 Å². The van der Waals surface area contributed by atoms with Gasteiger partial charge in [0.2, 0.25) is 0 Å². The molecule has 0 amide bonds. The molecule has 0 radical (unpaired) electrons. The van der Waals surface area contributed by atoms with Gasteiger partial charge in [-0.2, -0.15) is 9.71 Å². The highest BCUT2D eigenvalue weighted by Gasteiger charge is 2.24. The number of aromatic nitrogens is 3. The van der Waals surface area contributed by atoms with Gasteiger partial charge < -0.3 is 14.5 Å². The number of hydrogen-bond donors (Lipinski definition) is 0. The van der Waals surface area contributed by atoms with Crippen molar-refractivity contribution in [3.63, 3.8) is 0 Å². The number of likely N-dealkylation sites (tertiary alicyclic amines) is 1. The van der Waals surface area contributed by atoms with Gasteiger partial charge in [0.05, 0.1) is 30.3 Å². The third-order valence-corrected chi connectivity index (χ3v) is 10.3. The standard InChI is InChI=1S/C35H43FN4O3Si/c1-25-23-40(43-20-21-44(2,3)4)34(41)31-29-22-27(36)14-15-28(29)33-32(30(25)31)37-35(39(33)24-26-12-7-5-8-13-26)42-19-11-18-38-16-9-6-10-17-38/h5,7-8,12-15,22-23H,6,9-11,16-21,24H2,1-4H3. The Labute approximate surface area is 259 Å². The normalized spacial score (nSPS) is 14.6. The minimum atomic E-state index is -1.36. The average molecular weight is 615 g/mol. The van der Waals surface area contributed by atoms with Crippen LogP contribution in [-0.4, -0.2) is 60.1 Å². The highest BCUT2D eigenvalue weighted by molar-refractivity contribution is 6.76. The second kappa shape index (κ2) is 12.7. The molecule has 6 rings (SSSR count). The lowest BCUT2D eigenvalue weighted by atomic mass is 9.98. The number of fused-ring (bicyclic) bond motifs is 6. The molecule has 1 fully saturated rings. The van der Waals surface area contributed by atoms with Gasteiger partial charge >= 0.3 is 0 Å². The molecule has 1 saturated heterocycles. The zero-order valence-corrected chi connectivity index (χ0v) is 27.4. The number of nitrogens with zero attached hydrogens (tertiary/aromatic N) is 4. The summed E-state index contributed by atoms with van der Waals surface area (Å²) >= 11 is 0. The van der Waals surface area contributed by atoms with Crippen LogP contribution < -0.4 is 15.1 Å². The average Bonchev–Trinajstić information content (AvgIpc) is 3.35. The monoisotopic (exact) mass is 614 g/mol. The van der Waals surface area contributed by atoms with Crippen LogP contribution in [0.4, 0.5) is 4.39 Å². The highest BCUT2D eigenvalue weighted by atomic mass is 28.3. The SMILES string of the molecule is Cc1cn(OCC[Si](C)(C)C)c(=O)c2c3cc(F)ccc3c3c(nc(OCCCN4CCCCC4)n3Cc3ccccc3)c12. The summed E-state index contributed by atoms with van der Waals surface area (Å²) in [5.74, 6) is -0.395. The fourth-order valence-corrected chi connectivity index (χ4v) is 6.99. The Morgan fingerprint density at radius 3 is 2.48 bits per heavy atom. The van der Waals surface area contributed by atoms with E-state index >= 15 is 0 Å². The number of pyridine rings is 1. The lowest BCUT2D eigenvalue weighted by Crippen LogP contribution is -2.31. The van der Waals surface area contributed by atoms with Gasteiger partial charge in [-0.1, -0.05) is 56.4 Å². The summed E-state index contributed by atoms with van der Waals surface area (Å²) in [6.45, 7) is 13.6. The predicted octanol–water partition coefficient (Wildman–Crippen LogP) is 7.02. The molecule has 3 aromatic carbocycles. The number of aryl methyl sites for hydroxylation is 1. The summed E-state index contributed by atoms with van der Waals surface area (Å²) in [5, 5.41) is 2.44. The van der Waals surface area contributed by atoms with Gasteiger partial charge in [0.25, 0.3) is 11.6 Å². The minimum Gasteiger partial charge on any atom is -0.465 e. The summed E-state index contributed by atoms with van der Waals surface area (Å²) in [4.78, 5) is 27.6. The van der Waals surface area contributed by atoms with E-state index in [1.165, 1.54) is 36.1 Å². The van der Waals surface area contributed by atoms with E-state index in [0.717, 1.165) is 54.1 Å². The molecule has 2 aromatic heterocycles. The van der Waals surface area contributed by atoms with Gasteiger partial charge in [-0.15, -0.1) is 0 Å². The van der Waals surface area contributed by atoms with Gasteiger partial charge in [-0.25, -0.2) is 4.39 Å². The summed E-state index contributed by atoms with van der Waals surface area (Å²) in [6, 6.07) is 16.3. The van der Waals surface area contributed by atoms with Gasteiger partial charge in [-0.05, 0) is 74.6 Å². The number of halogens is 1. The molecule has 0 N–H and O–H groups in total. The summed E-state index contributed by atoms with van der Waals surface area (Å²) in [6.07, 6.45) is 6.49. The van der Waals surface area contributed by atoms with Crippen molar-refractivity contribution in [1.29, 1.82) is 0 Å². The van der Waals surface area contributed by atoms with Gasteiger partial charge in [0.15, 0.2) is 0 Å². The third kappa shape index (κ3) is 6.40. The number of hydrogen-bond acceptors (Lipinski definition) is 5. The number of rotatable bonds is 11. The molecule has 9 heteroatoms. The molecule has 0 unspecified atom stereocenters. The molecule has 232 valence electrons. The van der Waals surface area contributed by atoms with Gasteiger partial charge in [0.1, 0.15) is 17.9 Å². The Kier molecular flexibility index (Phi) is 8.78. The first kappa shape index (κ1) is 30.3. The first-order valence-corrected chi connectivity index (χ1v) is 19.6. The predicted molar refractivity (Wildman–Crippen MR) is 179 cm³/mol. The van der Waals surface area contributed by atoms with Crippen molar-refractivity contribution in [2.75, 3.05) is 32.8 Å². The molecule has 3 heterocycles. The van der Waals surface area contributed by atoms with Crippen molar-refractivity contribution in [2.24, 2.45) is 0 Å². The van der Waals surface area contributed by atoms with Crippen molar-refractivity contribution in [3.8, 4) is 6.01 Å². The number of piperidine rings is 1. The number of ether oxygens (including phenoxy) is 1. The molecule has 7 nitrogen and oxygen atoms in total. The lowest BCUT2D eigenvalue weighted by molar-refractivity contribution is 0.113. The van der Waals surface area contributed by atoms with Crippen molar-refractivity contribution < 1.29 is 14.0 Å². The number of imidazole rings is 1. The molecule has 0 spiro atoms. The van der Waals surface area contributed by atoms with Crippen LogP contribution >= 0.6 is 0 Å². The fraction of sp³-hybridized carbons (Fsp3) is 0.429. The van der Waals surface area contributed by atoms with Crippen molar-refractivity contribution in [1.82, 2.24) is 19.2 Å². The Balaban J connectivity index is 1.49. The summed E-state index contributed by atoms with van der Waals surface area (Å²) in [7, 11) is -1.36. The third-order valence-electron chi connectivity index (χ3n) is 8.61. The maximum Gasteiger partial charge on any atom is 0.297 e. The molecular weight excluding hydrogens is 571 g/mol. The second-order valence-electron chi connectivity index (χ2n) is 13.3. The Bertz CT molecular complexity index is 1840. The molecule has 0 saturated carbocycles. The van der Waals surface area contributed by atoms with Crippen molar-refractivity contribution >= 4 is 40.7 Å². The van der Waals surface area contributed by atoms with Crippen LogP contribution in [-0.2, 0) is 6.54 Å². The first-order valence-electron chi connectivity index (χ1n) is 15.9. The lowest BCUT2D eigenvalue weighted by Gasteiger charge is -2.26. The van der Waals surface area contributed by atoms with Gasteiger partial charge in [0, 0.05) is 30.8 Å². The van der Waals surface area contributed by atoms with E-state index in [4.69, 9.17) is 14.6 Å². The van der Waals surface area contributed by atoms with Crippen LogP contribution in [0, 0.1) is 12.7 Å². The zero-order valence-electron chi connectivity index (χ0n) is 26.4. The van der Waals surface area contributed by atoms with E-state index in [9.17, 15) is 9.18 Å². The summed E-state index contributed by atoms with van der Waals surface area (Å²) < 4.78 is 24.7. The maximum atomic E-state index is 14.9. The quantitative estimate of drug-likeness (QED) is 0.0909. The van der Waals surface area contributed by atoms with Gasteiger partial charge in [-0.3, -0.25) is 9.36 Å². The second-order valence-corrected chi connectivity index (χ2v) is 18.9. The fourth-order valence-electron chi connectivity index (χ4n) is 6.28.